The molecule has 0 spiro atoms. The number of nitrogens with zero attached hydrogens (tertiary/aromatic N) is 1. The summed E-state index contributed by atoms with van der Waals surface area (Å²) >= 11 is 0. The van der Waals surface area contributed by atoms with Crippen LogP contribution in [0.15, 0.2) is 24.3 Å². The zero-order valence-electron chi connectivity index (χ0n) is 12.0. The monoisotopic (exact) mass is 258 g/mol. The summed E-state index contributed by atoms with van der Waals surface area (Å²) in [4.78, 5) is 2.57. The van der Waals surface area contributed by atoms with E-state index in [1.165, 1.54) is 49.9 Å². The van der Waals surface area contributed by atoms with Gasteiger partial charge in [0.15, 0.2) is 0 Å². The predicted molar refractivity (Wildman–Crippen MR) is 80.1 cm³/mol. The first-order chi connectivity index (χ1) is 9.22. The Hall–Kier alpha value is -0.860. The van der Waals surface area contributed by atoms with Gasteiger partial charge in [-0.3, -0.25) is 4.90 Å². The van der Waals surface area contributed by atoms with Gasteiger partial charge >= 0.3 is 0 Å². The zero-order chi connectivity index (χ0) is 13.2. The van der Waals surface area contributed by atoms with E-state index in [0.29, 0.717) is 12.0 Å². The number of nitrogens with two attached hydrogens (primary N) is 1. The van der Waals surface area contributed by atoms with E-state index in [9.17, 15) is 0 Å². The molecule has 1 aliphatic carbocycles. The van der Waals surface area contributed by atoms with Crippen LogP contribution in [0.3, 0.4) is 0 Å². The molecule has 2 unspecified atom stereocenters. The molecule has 1 saturated heterocycles. The molecule has 0 aromatic heterocycles. The first-order valence-electron chi connectivity index (χ1n) is 7.79. The molecule has 2 atom stereocenters. The smallest absolute Gasteiger partial charge is 0.0233 e. The van der Waals surface area contributed by atoms with E-state index in [1.807, 2.05) is 0 Å². The average Bonchev–Trinajstić information content (AvgIpc) is 3.24. The first-order valence-corrected chi connectivity index (χ1v) is 7.79. The van der Waals surface area contributed by atoms with Gasteiger partial charge in [0.2, 0.25) is 0 Å². The third kappa shape index (κ3) is 3.37. The van der Waals surface area contributed by atoms with Crippen molar-refractivity contribution in [2.75, 3.05) is 13.1 Å². The lowest BCUT2D eigenvalue weighted by molar-refractivity contribution is 0.154. The third-order valence-corrected chi connectivity index (χ3v) is 4.72. The molecule has 2 aliphatic rings. The second kappa shape index (κ2) is 5.64. The Kier molecular flexibility index (Phi) is 3.90. The molecule has 0 bridgehead atoms. The Morgan fingerprint density at radius 1 is 1.21 bits per heavy atom. The summed E-state index contributed by atoms with van der Waals surface area (Å²) in [7, 11) is 0. The van der Waals surface area contributed by atoms with Crippen molar-refractivity contribution in [2.45, 2.75) is 51.1 Å². The molecule has 2 nitrogen and oxygen atoms in total. The molecule has 3 rings (SSSR count). The van der Waals surface area contributed by atoms with Gasteiger partial charge in [-0.25, -0.2) is 0 Å². The number of piperidine rings is 1. The van der Waals surface area contributed by atoms with Crippen molar-refractivity contribution in [3.05, 3.63) is 35.4 Å². The summed E-state index contributed by atoms with van der Waals surface area (Å²) in [6.07, 6.45) is 5.38. The van der Waals surface area contributed by atoms with Gasteiger partial charge < -0.3 is 5.73 Å². The molecule has 19 heavy (non-hydrogen) atoms. The van der Waals surface area contributed by atoms with Crippen LogP contribution in [0.1, 0.15) is 49.7 Å². The minimum Gasteiger partial charge on any atom is -0.328 e. The summed E-state index contributed by atoms with van der Waals surface area (Å²) in [6, 6.07) is 9.65. The SMILES string of the molecule is CC(N)C1CCCN(Cc2ccc(C3CC3)cc2)C1. The van der Waals surface area contributed by atoms with Crippen LogP contribution in [0, 0.1) is 5.92 Å². The van der Waals surface area contributed by atoms with Crippen molar-refractivity contribution in [1.82, 2.24) is 4.90 Å². The van der Waals surface area contributed by atoms with E-state index < -0.39 is 0 Å². The van der Waals surface area contributed by atoms with Crippen molar-refractivity contribution in [2.24, 2.45) is 11.7 Å². The molecule has 1 saturated carbocycles. The Morgan fingerprint density at radius 2 is 1.95 bits per heavy atom. The van der Waals surface area contributed by atoms with Crippen LogP contribution in [0.5, 0.6) is 0 Å². The van der Waals surface area contributed by atoms with E-state index in [2.05, 4.69) is 36.1 Å². The number of likely N-dealkylation sites (tertiary alicyclic amines) is 1. The molecule has 104 valence electrons. The van der Waals surface area contributed by atoms with E-state index in [1.54, 1.807) is 0 Å². The molecule has 0 amide bonds. The average molecular weight is 258 g/mol. The third-order valence-electron chi connectivity index (χ3n) is 4.72. The lowest BCUT2D eigenvalue weighted by atomic mass is 9.92. The maximum absolute atomic E-state index is 6.06. The molecule has 1 aromatic carbocycles. The second-order valence-electron chi connectivity index (χ2n) is 6.51. The van der Waals surface area contributed by atoms with E-state index in [4.69, 9.17) is 5.73 Å². The Balaban J connectivity index is 1.57. The fourth-order valence-electron chi connectivity index (χ4n) is 3.23. The van der Waals surface area contributed by atoms with E-state index in [0.717, 1.165) is 12.5 Å². The van der Waals surface area contributed by atoms with Crippen molar-refractivity contribution in [3.8, 4) is 0 Å². The molecule has 2 fully saturated rings. The van der Waals surface area contributed by atoms with Crippen molar-refractivity contribution in [1.29, 1.82) is 0 Å². The summed E-state index contributed by atoms with van der Waals surface area (Å²) < 4.78 is 0. The summed E-state index contributed by atoms with van der Waals surface area (Å²) in [5.41, 5.74) is 9.05. The van der Waals surface area contributed by atoms with Crippen LogP contribution >= 0.6 is 0 Å². The van der Waals surface area contributed by atoms with Crippen LogP contribution in [0.2, 0.25) is 0 Å². The van der Waals surface area contributed by atoms with Gasteiger partial charge in [-0.15, -0.1) is 0 Å². The van der Waals surface area contributed by atoms with Gasteiger partial charge in [0, 0.05) is 19.1 Å². The summed E-state index contributed by atoms with van der Waals surface area (Å²) in [5.74, 6) is 1.55. The number of benzene rings is 1. The molecular weight excluding hydrogens is 232 g/mol. The van der Waals surface area contributed by atoms with Crippen LogP contribution in [0.25, 0.3) is 0 Å². The van der Waals surface area contributed by atoms with Crippen LogP contribution in [0.4, 0.5) is 0 Å². The van der Waals surface area contributed by atoms with Crippen LogP contribution in [-0.2, 0) is 6.54 Å². The normalized spacial score (nSPS) is 26.3. The maximum Gasteiger partial charge on any atom is 0.0233 e. The number of rotatable bonds is 4. The lowest BCUT2D eigenvalue weighted by Gasteiger charge is -2.34. The van der Waals surface area contributed by atoms with Crippen molar-refractivity contribution in [3.63, 3.8) is 0 Å². The van der Waals surface area contributed by atoms with Gasteiger partial charge in [-0.1, -0.05) is 24.3 Å². The molecule has 1 aromatic rings. The zero-order valence-corrected chi connectivity index (χ0v) is 12.0. The van der Waals surface area contributed by atoms with Gasteiger partial charge in [0.25, 0.3) is 0 Å². The lowest BCUT2D eigenvalue weighted by Crippen LogP contribution is -2.41. The van der Waals surface area contributed by atoms with Gasteiger partial charge in [-0.05, 0) is 62.1 Å². The topological polar surface area (TPSA) is 29.3 Å². The van der Waals surface area contributed by atoms with Crippen molar-refractivity contribution < 1.29 is 0 Å². The minimum atomic E-state index is 0.333. The van der Waals surface area contributed by atoms with Gasteiger partial charge in [0.1, 0.15) is 0 Å². The van der Waals surface area contributed by atoms with Gasteiger partial charge in [-0.2, -0.15) is 0 Å². The summed E-state index contributed by atoms with van der Waals surface area (Å²) in [5, 5.41) is 0. The fourth-order valence-corrected chi connectivity index (χ4v) is 3.23. The summed E-state index contributed by atoms with van der Waals surface area (Å²) in [6.45, 7) is 5.64. The Bertz CT molecular complexity index is 406. The van der Waals surface area contributed by atoms with E-state index >= 15 is 0 Å². The first kappa shape index (κ1) is 13.1. The predicted octanol–water partition coefficient (Wildman–Crippen LogP) is 3.12. The maximum atomic E-state index is 6.06. The van der Waals surface area contributed by atoms with E-state index in [-0.39, 0.29) is 0 Å². The minimum absolute atomic E-state index is 0.333. The van der Waals surface area contributed by atoms with Crippen LogP contribution < -0.4 is 5.73 Å². The van der Waals surface area contributed by atoms with Gasteiger partial charge in [0.05, 0.1) is 0 Å². The Morgan fingerprint density at radius 3 is 2.58 bits per heavy atom. The highest BCUT2D eigenvalue weighted by molar-refractivity contribution is 5.28. The Labute approximate surface area is 117 Å². The highest BCUT2D eigenvalue weighted by Crippen LogP contribution is 2.39. The second-order valence-corrected chi connectivity index (χ2v) is 6.51. The van der Waals surface area contributed by atoms with Crippen molar-refractivity contribution >= 4 is 0 Å². The molecular formula is C17H26N2. The highest BCUT2D eigenvalue weighted by Gasteiger charge is 2.24. The standard InChI is InChI=1S/C17H26N2/c1-13(18)17-3-2-10-19(12-17)11-14-4-6-15(7-5-14)16-8-9-16/h4-7,13,16-17H,2-3,8-12,18H2,1H3. The number of hydrogen-bond donors (Lipinski definition) is 1. The molecule has 2 heteroatoms. The number of hydrogen-bond acceptors (Lipinski definition) is 2. The largest absolute Gasteiger partial charge is 0.328 e. The molecule has 2 N–H and O–H groups in total. The van der Waals surface area contributed by atoms with Crippen LogP contribution in [-0.4, -0.2) is 24.0 Å². The molecule has 0 radical (unpaired) electrons. The molecule has 1 heterocycles. The molecule has 1 aliphatic heterocycles. The fraction of sp³-hybridized carbons (Fsp3) is 0.647. The highest BCUT2D eigenvalue weighted by atomic mass is 15.1. The quantitative estimate of drug-likeness (QED) is 0.899.